The molecule has 138 valence electrons. The van der Waals surface area contributed by atoms with Crippen molar-refractivity contribution >= 4 is 27.6 Å². The Labute approximate surface area is 157 Å². The van der Waals surface area contributed by atoms with Crippen molar-refractivity contribution in [2.45, 2.75) is 20.3 Å². The number of hydrogen-bond acceptors (Lipinski definition) is 5. The van der Waals surface area contributed by atoms with Crippen LogP contribution in [0.1, 0.15) is 18.9 Å². The molecule has 0 bridgehead atoms. The number of fused-ring (bicyclic) bond motifs is 4. The van der Waals surface area contributed by atoms with Gasteiger partial charge < -0.3 is 14.8 Å². The zero-order chi connectivity index (χ0) is 18.8. The van der Waals surface area contributed by atoms with Gasteiger partial charge in [0.15, 0.2) is 11.3 Å². The van der Waals surface area contributed by atoms with Crippen molar-refractivity contribution in [1.29, 1.82) is 0 Å². The van der Waals surface area contributed by atoms with Gasteiger partial charge in [0.25, 0.3) is 0 Å². The molecule has 1 aliphatic carbocycles. The number of nitrogens with zero attached hydrogens (tertiary/aromatic N) is 2. The zero-order valence-corrected chi connectivity index (χ0v) is 15.6. The molecule has 4 rings (SSSR count). The summed E-state index contributed by atoms with van der Waals surface area (Å²) in [6, 6.07) is 14.1. The van der Waals surface area contributed by atoms with Gasteiger partial charge in [-0.2, -0.15) is 0 Å². The lowest BCUT2D eigenvalue weighted by Gasteiger charge is -2.13. The van der Waals surface area contributed by atoms with Crippen LogP contribution in [0, 0.1) is 6.92 Å². The van der Waals surface area contributed by atoms with Gasteiger partial charge in [0.2, 0.25) is 0 Å². The molecule has 0 spiro atoms. The number of hydrogen-bond donors (Lipinski definition) is 2. The van der Waals surface area contributed by atoms with E-state index in [2.05, 4.69) is 42.4 Å². The van der Waals surface area contributed by atoms with Crippen LogP contribution >= 0.6 is 0 Å². The Bertz CT molecular complexity index is 1150. The maximum atomic E-state index is 9.05. The van der Waals surface area contributed by atoms with E-state index in [9.17, 15) is 0 Å². The van der Waals surface area contributed by atoms with E-state index in [4.69, 9.17) is 14.5 Å². The third-order valence-corrected chi connectivity index (χ3v) is 4.68. The highest BCUT2D eigenvalue weighted by atomic mass is 16.3. The standard InChI is InChI=1S/C22H23N3O2/c1-3-23-17-12-20-19(11-14(17)2)25-22-16-8-5-4-7-15(16)18(13-21(22)27-20)24-9-6-10-26/h4-5,7-8,11-13,23,26H,3,6,9-10H2,1-2H3. The number of nitrogens with one attached hydrogen (secondary N) is 1. The number of aromatic nitrogens is 1. The van der Waals surface area contributed by atoms with Crippen LogP contribution in [-0.2, 0) is 0 Å². The van der Waals surface area contributed by atoms with Gasteiger partial charge in [0, 0.05) is 48.3 Å². The maximum absolute atomic E-state index is 9.05. The lowest BCUT2D eigenvalue weighted by atomic mass is 10.0. The summed E-state index contributed by atoms with van der Waals surface area (Å²) in [6.07, 6.45) is 0.644. The fourth-order valence-corrected chi connectivity index (χ4v) is 3.37. The van der Waals surface area contributed by atoms with Gasteiger partial charge >= 0.3 is 0 Å². The van der Waals surface area contributed by atoms with Crippen molar-refractivity contribution in [1.82, 2.24) is 4.98 Å². The SMILES string of the molecule is CCNc1cc2oc3cc(=NCCCO)c4ccccc4c-3nc2cc1C. The van der Waals surface area contributed by atoms with Crippen LogP contribution in [0.5, 0.6) is 0 Å². The average Bonchev–Trinajstić information content (AvgIpc) is 2.68. The van der Waals surface area contributed by atoms with Gasteiger partial charge in [-0.05, 0) is 31.9 Å². The second-order valence-electron chi connectivity index (χ2n) is 6.63. The van der Waals surface area contributed by atoms with Gasteiger partial charge in [0.1, 0.15) is 11.2 Å². The minimum absolute atomic E-state index is 0.137. The Morgan fingerprint density at radius 2 is 1.96 bits per heavy atom. The first kappa shape index (κ1) is 17.5. The van der Waals surface area contributed by atoms with Crippen molar-refractivity contribution < 1.29 is 9.52 Å². The third-order valence-electron chi connectivity index (χ3n) is 4.68. The molecule has 2 aliphatic rings. The number of rotatable bonds is 5. The van der Waals surface area contributed by atoms with Crippen LogP contribution in [-0.4, -0.2) is 29.8 Å². The molecule has 0 unspecified atom stereocenters. The molecule has 1 heterocycles. The van der Waals surface area contributed by atoms with Crippen molar-refractivity contribution in [3.05, 3.63) is 53.4 Å². The van der Waals surface area contributed by atoms with Crippen molar-refractivity contribution in [2.24, 2.45) is 4.99 Å². The minimum Gasteiger partial charge on any atom is -0.453 e. The van der Waals surface area contributed by atoms with E-state index in [1.165, 1.54) is 0 Å². The van der Waals surface area contributed by atoms with Gasteiger partial charge in [-0.15, -0.1) is 0 Å². The third kappa shape index (κ3) is 3.26. The minimum atomic E-state index is 0.137. The van der Waals surface area contributed by atoms with Crippen LogP contribution < -0.4 is 10.7 Å². The summed E-state index contributed by atoms with van der Waals surface area (Å²) in [5, 5.41) is 15.3. The first-order chi connectivity index (χ1) is 13.2. The Kier molecular flexibility index (Phi) is 4.77. The smallest absolute Gasteiger partial charge is 0.155 e. The lowest BCUT2D eigenvalue weighted by Crippen LogP contribution is -2.08. The summed E-state index contributed by atoms with van der Waals surface area (Å²) in [5.41, 5.74) is 4.64. The molecular weight excluding hydrogens is 338 g/mol. The summed E-state index contributed by atoms with van der Waals surface area (Å²) in [6.45, 7) is 5.72. The molecule has 2 aromatic rings. The second-order valence-corrected chi connectivity index (χ2v) is 6.63. The van der Waals surface area contributed by atoms with E-state index in [0.29, 0.717) is 13.0 Å². The predicted molar refractivity (Wildman–Crippen MR) is 109 cm³/mol. The maximum Gasteiger partial charge on any atom is 0.155 e. The van der Waals surface area contributed by atoms with Gasteiger partial charge in [-0.1, -0.05) is 24.3 Å². The molecule has 0 radical (unpaired) electrons. The quantitative estimate of drug-likeness (QED) is 0.319. The first-order valence-electron chi connectivity index (χ1n) is 9.33. The normalized spacial score (nSPS) is 12.3. The van der Waals surface area contributed by atoms with E-state index in [-0.39, 0.29) is 6.61 Å². The van der Waals surface area contributed by atoms with E-state index in [0.717, 1.165) is 56.5 Å². The van der Waals surface area contributed by atoms with Crippen molar-refractivity contribution in [3.8, 4) is 11.5 Å². The Balaban J connectivity index is 2.01. The molecule has 0 amide bonds. The summed E-state index contributed by atoms with van der Waals surface area (Å²) in [7, 11) is 0. The highest BCUT2D eigenvalue weighted by Crippen LogP contribution is 2.32. The van der Waals surface area contributed by atoms with Crippen LogP contribution in [0.25, 0.3) is 33.3 Å². The molecule has 27 heavy (non-hydrogen) atoms. The lowest BCUT2D eigenvalue weighted by molar-refractivity contribution is 0.291. The van der Waals surface area contributed by atoms with Gasteiger partial charge in [-0.3, -0.25) is 4.99 Å². The molecule has 5 nitrogen and oxygen atoms in total. The molecular formula is C22H23N3O2. The highest BCUT2D eigenvalue weighted by molar-refractivity contribution is 5.96. The molecule has 2 N–H and O–H groups in total. The van der Waals surface area contributed by atoms with Gasteiger partial charge in [0.05, 0.1) is 5.36 Å². The van der Waals surface area contributed by atoms with E-state index < -0.39 is 0 Å². The molecule has 0 saturated heterocycles. The Morgan fingerprint density at radius 3 is 2.74 bits per heavy atom. The summed E-state index contributed by atoms with van der Waals surface area (Å²) in [4.78, 5) is 9.56. The molecule has 0 fully saturated rings. The zero-order valence-electron chi connectivity index (χ0n) is 15.6. The Hall–Kier alpha value is -2.92. The number of anilines is 1. The van der Waals surface area contributed by atoms with E-state index >= 15 is 0 Å². The van der Waals surface area contributed by atoms with Crippen LogP contribution in [0.15, 0.2) is 51.9 Å². The fraction of sp³-hybridized carbons (Fsp3) is 0.273. The summed E-state index contributed by atoms with van der Waals surface area (Å²) in [5.74, 6) is 0.718. The van der Waals surface area contributed by atoms with Crippen LogP contribution in [0.2, 0.25) is 0 Å². The molecule has 2 aromatic carbocycles. The molecule has 0 saturated carbocycles. The van der Waals surface area contributed by atoms with Crippen LogP contribution in [0.3, 0.4) is 0 Å². The largest absolute Gasteiger partial charge is 0.453 e. The second kappa shape index (κ2) is 7.37. The number of aryl methyl sites for hydroxylation is 1. The average molecular weight is 361 g/mol. The molecule has 1 aliphatic heterocycles. The van der Waals surface area contributed by atoms with Crippen molar-refractivity contribution in [2.75, 3.05) is 25.0 Å². The number of benzene rings is 3. The highest BCUT2D eigenvalue weighted by Gasteiger charge is 2.15. The predicted octanol–water partition coefficient (Wildman–Crippen LogP) is 4.11. The monoisotopic (exact) mass is 361 g/mol. The number of aliphatic hydroxyl groups excluding tert-OH is 1. The van der Waals surface area contributed by atoms with Gasteiger partial charge in [-0.25, -0.2) is 4.98 Å². The Morgan fingerprint density at radius 1 is 1.15 bits per heavy atom. The topological polar surface area (TPSA) is 70.7 Å². The first-order valence-corrected chi connectivity index (χ1v) is 9.33. The molecule has 0 aromatic heterocycles. The summed E-state index contributed by atoms with van der Waals surface area (Å²) >= 11 is 0. The number of aliphatic hydroxyl groups is 1. The molecule has 0 atom stereocenters. The van der Waals surface area contributed by atoms with E-state index in [1.54, 1.807) is 0 Å². The van der Waals surface area contributed by atoms with E-state index in [1.807, 2.05) is 24.3 Å². The van der Waals surface area contributed by atoms with Crippen LogP contribution in [0.4, 0.5) is 5.69 Å². The van der Waals surface area contributed by atoms with Crippen molar-refractivity contribution in [3.63, 3.8) is 0 Å². The summed E-state index contributed by atoms with van der Waals surface area (Å²) < 4.78 is 6.23. The molecule has 5 heteroatoms. The fourth-order valence-electron chi connectivity index (χ4n) is 3.37.